The van der Waals surface area contributed by atoms with E-state index in [1.54, 1.807) is 25.1 Å². The number of aryl methyl sites for hydroxylation is 1. The number of imidazole rings is 1. The molecule has 0 atom stereocenters. The van der Waals surface area contributed by atoms with Gasteiger partial charge in [-0.15, -0.1) is 0 Å². The quantitative estimate of drug-likeness (QED) is 0.398. The number of nitrogens with zero attached hydrogens (tertiary/aromatic N) is 4. The lowest BCUT2D eigenvalue weighted by atomic mass is 10.1. The van der Waals surface area contributed by atoms with Gasteiger partial charge in [0, 0.05) is 24.3 Å². The molecule has 0 radical (unpaired) electrons. The molecule has 0 spiro atoms. The Morgan fingerprint density at radius 2 is 1.58 bits per heavy atom. The van der Waals surface area contributed by atoms with Gasteiger partial charge in [-0.3, -0.25) is 4.57 Å². The maximum atomic E-state index is 13.5. The van der Waals surface area contributed by atoms with Crippen LogP contribution in [0.2, 0.25) is 0 Å². The Bertz CT molecular complexity index is 1580. The fraction of sp³-hybridized carbons (Fsp3) is 0.136. The Labute approximate surface area is 190 Å². The number of sulfone groups is 2. The molecule has 0 saturated carbocycles. The number of halogens is 1. The summed E-state index contributed by atoms with van der Waals surface area (Å²) in [4.78, 5) is 12.9. The molecule has 0 fully saturated rings. The van der Waals surface area contributed by atoms with Crippen LogP contribution >= 0.6 is 0 Å². The molecule has 8 nitrogen and oxygen atoms in total. The Balaban J connectivity index is 2.09. The van der Waals surface area contributed by atoms with Crippen LogP contribution in [0.3, 0.4) is 0 Å². The Morgan fingerprint density at radius 3 is 2.21 bits per heavy atom. The van der Waals surface area contributed by atoms with Crippen LogP contribution in [0, 0.1) is 12.7 Å². The molecule has 0 aliphatic rings. The summed E-state index contributed by atoms with van der Waals surface area (Å²) < 4.78 is 64.6. The maximum Gasteiger partial charge on any atom is 0.192 e. The van der Waals surface area contributed by atoms with Gasteiger partial charge in [-0.1, -0.05) is 12.1 Å². The van der Waals surface area contributed by atoms with E-state index in [0.717, 1.165) is 12.5 Å². The zero-order valence-corrected chi connectivity index (χ0v) is 19.5. The lowest BCUT2D eigenvalue weighted by Crippen LogP contribution is -2.11. The lowest BCUT2D eigenvalue weighted by Gasteiger charge is -2.17. The van der Waals surface area contributed by atoms with E-state index in [-0.39, 0.29) is 27.1 Å². The third-order valence-corrected chi connectivity index (χ3v) is 7.17. The molecule has 4 rings (SSSR count). The summed E-state index contributed by atoms with van der Waals surface area (Å²) >= 11 is 0. The second-order valence-electron chi connectivity index (χ2n) is 7.50. The van der Waals surface area contributed by atoms with Crippen LogP contribution in [0.25, 0.3) is 28.6 Å². The van der Waals surface area contributed by atoms with Crippen molar-refractivity contribution in [1.29, 1.82) is 0 Å². The summed E-state index contributed by atoms with van der Waals surface area (Å²) in [6.45, 7) is 1.68. The van der Waals surface area contributed by atoms with E-state index >= 15 is 0 Å². The number of hydrogen-bond donors (Lipinski definition) is 0. The summed E-state index contributed by atoms with van der Waals surface area (Å²) in [5.41, 5.74) is 1.60. The third kappa shape index (κ3) is 4.41. The van der Waals surface area contributed by atoms with Gasteiger partial charge >= 0.3 is 0 Å². The first-order chi connectivity index (χ1) is 15.5. The highest BCUT2D eigenvalue weighted by Crippen LogP contribution is 2.33. The van der Waals surface area contributed by atoms with Gasteiger partial charge in [0.15, 0.2) is 30.5 Å². The Hall–Kier alpha value is -3.44. The molecular formula is C22H19FN4O4S2. The molecule has 4 aromatic rings. The molecule has 0 saturated heterocycles. The molecule has 0 N–H and O–H groups in total. The van der Waals surface area contributed by atoms with E-state index in [9.17, 15) is 21.2 Å². The zero-order chi connectivity index (χ0) is 24.0. The van der Waals surface area contributed by atoms with E-state index < -0.39 is 25.5 Å². The van der Waals surface area contributed by atoms with Crippen molar-refractivity contribution >= 4 is 19.7 Å². The first-order valence-corrected chi connectivity index (χ1v) is 13.4. The second kappa shape index (κ2) is 8.16. The van der Waals surface area contributed by atoms with Crippen LogP contribution < -0.4 is 0 Å². The largest absolute Gasteiger partial charge is 0.288 e. The maximum absolute atomic E-state index is 13.5. The van der Waals surface area contributed by atoms with E-state index in [0.29, 0.717) is 17.0 Å². The fourth-order valence-corrected chi connectivity index (χ4v) is 5.28. The normalized spacial score (nSPS) is 12.1. The summed E-state index contributed by atoms with van der Waals surface area (Å²) in [7, 11) is -7.29. The summed E-state index contributed by atoms with van der Waals surface area (Å²) in [5, 5.41) is -0.184. The standard InChI is InChI=1S/C22H19FN4O4S2/c1-14-5-4-6-17(20(14)33(3,30)31)27-18(21-24-12-11-19(26-21)32(2,28)29)13-25-22(27)15-7-9-16(23)10-8-15/h4-13H,1-3H3. The van der Waals surface area contributed by atoms with Crippen molar-refractivity contribution in [3.05, 3.63) is 72.3 Å². The smallest absolute Gasteiger partial charge is 0.192 e. The van der Waals surface area contributed by atoms with Gasteiger partial charge in [-0.05, 0) is 48.9 Å². The van der Waals surface area contributed by atoms with Crippen LogP contribution in [0.4, 0.5) is 4.39 Å². The topological polar surface area (TPSA) is 112 Å². The van der Waals surface area contributed by atoms with Crippen molar-refractivity contribution in [2.45, 2.75) is 16.8 Å². The zero-order valence-electron chi connectivity index (χ0n) is 17.9. The average molecular weight is 487 g/mol. The van der Waals surface area contributed by atoms with Gasteiger partial charge in [-0.25, -0.2) is 36.2 Å². The monoisotopic (exact) mass is 486 g/mol. The van der Waals surface area contributed by atoms with Crippen LogP contribution in [0.1, 0.15) is 5.56 Å². The van der Waals surface area contributed by atoms with Crippen molar-refractivity contribution in [3.8, 4) is 28.6 Å². The van der Waals surface area contributed by atoms with Crippen molar-refractivity contribution < 1.29 is 21.2 Å². The third-order valence-electron chi connectivity index (χ3n) is 4.91. The number of hydrogen-bond acceptors (Lipinski definition) is 7. The minimum absolute atomic E-state index is 0.0414. The summed E-state index contributed by atoms with van der Waals surface area (Å²) in [5.74, 6) is -0.0813. The number of aromatic nitrogens is 4. The number of rotatable bonds is 5. The van der Waals surface area contributed by atoms with Crippen LogP contribution in [0.15, 0.2) is 70.8 Å². The minimum Gasteiger partial charge on any atom is -0.288 e. The summed E-state index contributed by atoms with van der Waals surface area (Å²) in [6.07, 6.45) is 4.87. The SMILES string of the molecule is Cc1cccc(-n2c(-c3nccc(S(C)(=O)=O)n3)cnc2-c2ccc(F)cc2)c1S(C)(=O)=O. The second-order valence-corrected chi connectivity index (χ2v) is 11.4. The molecule has 0 amide bonds. The highest BCUT2D eigenvalue weighted by molar-refractivity contribution is 7.91. The molecule has 0 aliphatic heterocycles. The van der Waals surface area contributed by atoms with Gasteiger partial charge in [0.05, 0.1) is 16.8 Å². The van der Waals surface area contributed by atoms with Gasteiger partial charge in [0.2, 0.25) is 0 Å². The molecule has 33 heavy (non-hydrogen) atoms. The lowest BCUT2D eigenvalue weighted by molar-refractivity contribution is 0.597. The first kappa shape index (κ1) is 22.7. The molecular weight excluding hydrogens is 467 g/mol. The van der Waals surface area contributed by atoms with Gasteiger partial charge in [-0.2, -0.15) is 0 Å². The fourth-order valence-electron chi connectivity index (χ4n) is 3.52. The predicted octanol–water partition coefficient (Wildman–Crippen LogP) is 3.25. The summed E-state index contributed by atoms with van der Waals surface area (Å²) in [6, 6.07) is 11.8. The average Bonchev–Trinajstić information content (AvgIpc) is 3.17. The molecule has 2 aromatic heterocycles. The Morgan fingerprint density at radius 1 is 0.879 bits per heavy atom. The van der Waals surface area contributed by atoms with Gasteiger partial charge in [0.25, 0.3) is 0 Å². The van der Waals surface area contributed by atoms with Crippen molar-refractivity contribution in [3.63, 3.8) is 0 Å². The molecule has 0 aliphatic carbocycles. The molecule has 2 heterocycles. The van der Waals surface area contributed by atoms with E-state index in [4.69, 9.17) is 0 Å². The first-order valence-electron chi connectivity index (χ1n) is 9.64. The van der Waals surface area contributed by atoms with E-state index in [1.165, 1.54) is 47.3 Å². The molecule has 2 aromatic carbocycles. The molecule has 11 heteroatoms. The van der Waals surface area contributed by atoms with Crippen LogP contribution in [0.5, 0.6) is 0 Å². The minimum atomic E-state index is -3.67. The highest BCUT2D eigenvalue weighted by Gasteiger charge is 2.24. The molecule has 0 bridgehead atoms. The van der Waals surface area contributed by atoms with Gasteiger partial charge in [0.1, 0.15) is 17.3 Å². The Kier molecular flexibility index (Phi) is 5.62. The highest BCUT2D eigenvalue weighted by atomic mass is 32.2. The molecule has 170 valence electrons. The van der Waals surface area contributed by atoms with Crippen LogP contribution in [-0.4, -0.2) is 48.9 Å². The number of benzene rings is 2. The predicted molar refractivity (Wildman–Crippen MR) is 121 cm³/mol. The van der Waals surface area contributed by atoms with Crippen molar-refractivity contribution in [2.24, 2.45) is 0 Å². The molecule has 0 unspecified atom stereocenters. The van der Waals surface area contributed by atoms with E-state index in [2.05, 4.69) is 15.0 Å². The van der Waals surface area contributed by atoms with Gasteiger partial charge < -0.3 is 0 Å². The van der Waals surface area contributed by atoms with Crippen LogP contribution in [-0.2, 0) is 19.7 Å². The van der Waals surface area contributed by atoms with E-state index in [1.807, 2.05) is 0 Å². The van der Waals surface area contributed by atoms with Crippen molar-refractivity contribution in [1.82, 2.24) is 19.5 Å². The van der Waals surface area contributed by atoms with Crippen molar-refractivity contribution in [2.75, 3.05) is 12.5 Å².